The maximum absolute atomic E-state index is 11.4. The van der Waals surface area contributed by atoms with Gasteiger partial charge in [0.25, 0.3) is 0 Å². The number of nitrogens with one attached hydrogen (secondary N) is 1. The smallest absolute Gasteiger partial charge is 0.221 e. The normalized spacial score (nSPS) is 10.0. The number of hydrogen-bond acceptors (Lipinski definition) is 4. The summed E-state index contributed by atoms with van der Waals surface area (Å²) >= 11 is 0. The molecule has 0 aliphatic heterocycles. The molecule has 4 nitrogen and oxygen atoms in total. The van der Waals surface area contributed by atoms with E-state index in [9.17, 15) is 4.79 Å². The van der Waals surface area contributed by atoms with E-state index in [4.69, 9.17) is 10.1 Å². The fourth-order valence-electron chi connectivity index (χ4n) is 1.58. The lowest BCUT2D eigenvalue weighted by Crippen LogP contribution is -2.03. The van der Waals surface area contributed by atoms with Gasteiger partial charge in [0, 0.05) is 6.07 Å². The average molecular weight is 254 g/mol. The molecule has 2 rings (SSSR count). The van der Waals surface area contributed by atoms with Crippen LogP contribution in [0.1, 0.15) is 21.6 Å². The molecule has 96 valence electrons. The number of benzene rings is 1. The Balaban J connectivity index is 2.25. The molecule has 0 amide bonds. The van der Waals surface area contributed by atoms with Crippen molar-refractivity contribution < 1.29 is 9.53 Å². The van der Waals surface area contributed by atoms with Crippen molar-refractivity contribution in [2.45, 2.75) is 13.8 Å². The van der Waals surface area contributed by atoms with Gasteiger partial charge in [-0.15, -0.1) is 0 Å². The van der Waals surface area contributed by atoms with Gasteiger partial charge in [0.1, 0.15) is 11.4 Å². The molecule has 0 aliphatic carbocycles. The molecule has 1 aromatic carbocycles. The summed E-state index contributed by atoms with van der Waals surface area (Å²) in [4.78, 5) is 15.4. The summed E-state index contributed by atoms with van der Waals surface area (Å²) in [6.45, 7) is 4.03. The van der Waals surface area contributed by atoms with E-state index < -0.39 is 5.78 Å². The number of ketones is 1. The zero-order valence-electron chi connectivity index (χ0n) is 10.8. The standard InChI is InChI=1S/C15H14N2O2/c1-10-6-7-12(8-11(10)2)19-15-5-3-4-13(17-15)14(18)9-16/h3-9,16H,1-2H3. The first-order valence-electron chi connectivity index (χ1n) is 5.87. The first kappa shape index (κ1) is 13.0. The molecule has 0 saturated carbocycles. The molecule has 0 bridgehead atoms. The number of aromatic nitrogens is 1. The van der Waals surface area contributed by atoms with Crippen LogP contribution in [-0.2, 0) is 0 Å². The van der Waals surface area contributed by atoms with E-state index in [1.165, 1.54) is 5.56 Å². The molecule has 0 atom stereocenters. The number of hydrogen-bond donors (Lipinski definition) is 1. The summed E-state index contributed by atoms with van der Waals surface area (Å²) in [5.74, 6) is 0.580. The van der Waals surface area contributed by atoms with Crippen LogP contribution in [0.3, 0.4) is 0 Å². The fourth-order valence-corrected chi connectivity index (χ4v) is 1.58. The van der Waals surface area contributed by atoms with Crippen molar-refractivity contribution >= 4 is 12.0 Å². The molecule has 0 radical (unpaired) electrons. The Hall–Kier alpha value is -2.49. The number of carbonyl (C=O) groups is 1. The molecule has 4 heteroatoms. The van der Waals surface area contributed by atoms with Crippen molar-refractivity contribution in [1.82, 2.24) is 4.98 Å². The second-order valence-corrected chi connectivity index (χ2v) is 4.22. The summed E-state index contributed by atoms with van der Waals surface area (Å²) in [5.41, 5.74) is 2.52. The van der Waals surface area contributed by atoms with Crippen LogP contribution in [-0.4, -0.2) is 17.0 Å². The predicted octanol–water partition coefficient (Wildman–Crippen LogP) is 3.32. The van der Waals surface area contributed by atoms with Gasteiger partial charge in [-0.3, -0.25) is 4.79 Å². The van der Waals surface area contributed by atoms with Gasteiger partial charge in [0.2, 0.25) is 11.7 Å². The highest BCUT2D eigenvalue weighted by molar-refractivity contribution is 6.33. The molecule has 19 heavy (non-hydrogen) atoms. The number of pyridine rings is 1. The van der Waals surface area contributed by atoms with E-state index in [1.807, 2.05) is 32.0 Å². The van der Waals surface area contributed by atoms with Gasteiger partial charge in [-0.2, -0.15) is 0 Å². The SMILES string of the molecule is Cc1ccc(Oc2cccc(C(=O)C=N)n2)cc1C. The molecule has 1 heterocycles. The average Bonchev–Trinajstić information content (AvgIpc) is 2.42. The molecule has 1 N–H and O–H groups in total. The van der Waals surface area contributed by atoms with Gasteiger partial charge < -0.3 is 10.1 Å². The van der Waals surface area contributed by atoms with Gasteiger partial charge in [0.05, 0.1) is 6.21 Å². The Bertz CT molecular complexity index is 636. The Kier molecular flexibility index (Phi) is 3.71. The van der Waals surface area contributed by atoms with E-state index >= 15 is 0 Å². The number of carbonyl (C=O) groups excluding carboxylic acids is 1. The molecule has 0 fully saturated rings. The minimum atomic E-state index is -0.439. The third kappa shape index (κ3) is 3.04. The van der Waals surface area contributed by atoms with Crippen molar-refractivity contribution in [3.63, 3.8) is 0 Å². The van der Waals surface area contributed by atoms with Gasteiger partial charge in [-0.1, -0.05) is 12.1 Å². The summed E-state index contributed by atoms with van der Waals surface area (Å²) in [6.07, 6.45) is 0.738. The van der Waals surface area contributed by atoms with Crippen molar-refractivity contribution in [3.05, 3.63) is 53.2 Å². The molecule has 0 saturated heterocycles. The van der Waals surface area contributed by atoms with Gasteiger partial charge in [0.15, 0.2) is 0 Å². The topological polar surface area (TPSA) is 63.0 Å². The largest absolute Gasteiger partial charge is 0.439 e. The number of nitrogens with zero attached hydrogens (tertiary/aromatic N) is 1. The van der Waals surface area contributed by atoms with Crippen LogP contribution in [0.2, 0.25) is 0 Å². The van der Waals surface area contributed by atoms with Crippen LogP contribution >= 0.6 is 0 Å². The van der Waals surface area contributed by atoms with E-state index in [2.05, 4.69) is 4.98 Å². The maximum Gasteiger partial charge on any atom is 0.221 e. The molecule has 0 unspecified atom stereocenters. The van der Waals surface area contributed by atoms with Crippen molar-refractivity contribution in [3.8, 4) is 11.6 Å². The van der Waals surface area contributed by atoms with E-state index in [0.29, 0.717) is 11.6 Å². The van der Waals surface area contributed by atoms with Crippen molar-refractivity contribution in [2.75, 3.05) is 0 Å². The first-order valence-corrected chi connectivity index (χ1v) is 5.87. The Morgan fingerprint density at radius 3 is 2.68 bits per heavy atom. The van der Waals surface area contributed by atoms with Crippen LogP contribution in [0, 0.1) is 19.3 Å². The quantitative estimate of drug-likeness (QED) is 0.672. The second-order valence-electron chi connectivity index (χ2n) is 4.22. The zero-order chi connectivity index (χ0) is 13.8. The lowest BCUT2D eigenvalue weighted by atomic mass is 10.1. The Labute approximate surface area is 111 Å². The van der Waals surface area contributed by atoms with Crippen LogP contribution in [0.4, 0.5) is 0 Å². The Morgan fingerprint density at radius 2 is 2.00 bits per heavy atom. The summed E-state index contributed by atoms with van der Waals surface area (Å²) in [6, 6.07) is 10.7. The third-order valence-electron chi connectivity index (χ3n) is 2.81. The second kappa shape index (κ2) is 5.44. The van der Waals surface area contributed by atoms with Gasteiger partial charge in [-0.25, -0.2) is 4.98 Å². The van der Waals surface area contributed by atoms with Crippen LogP contribution in [0.15, 0.2) is 36.4 Å². The summed E-state index contributed by atoms with van der Waals surface area (Å²) in [5, 5.41) is 6.93. The van der Waals surface area contributed by atoms with Gasteiger partial charge >= 0.3 is 0 Å². The lowest BCUT2D eigenvalue weighted by molar-refractivity contribution is 0.106. The minimum absolute atomic E-state index is 0.205. The van der Waals surface area contributed by atoms with E-state index in [1.54, 1.807) is 18.2 Å². The highest BCUT2D eigenvalue weighted by atomic mass is 16.5. The number of rotatable bonds is 4. The van der Waals surface area contributed by atoms with E-state index in [0.717, 1.165) is 11.8 Å². The van der Waals surface area contributed by atoms with Crippen molar-refractivity contribution in [2.24, 2.45) is 0 Å². The third-order valence-corrected chi connectivity index (χ3v) is 2.81. The molecular weight excluding hydrogens is 240 g/mol. The molecule has 0 aliphatic rings. The highest BCUT2D eigenvalue weighted by Crippen LogP contribution is 2.22. The van der Waals surface area contributed by atoms with E-state index in [-0.39, 0.29) is 5.69 Å². The van der Waals surface area contributed by atoms with Crippen LogP contribution < -0.4 is 4.74 Å². The van der Waals surface area contributed by atoms with Gasteiger partial charge in [-0.05, 0) is 43.2 Å². The molecule has 0 spiro atoms. The minimum Gasteiger partial charge on any atom is -0.439 e. The zero-order valence-corrected chi connectivity index (χ0v) is 10.8. The summed E-state index contributed by atoms with van der Waals surface area (Å²) < 4.78 is 5.61. The molecule has 2 aromatic rings. The first-order chi connectivity index (χ1) is 9.10. The highest BCUT2D eigenvalue weighted by Gasteiger charge is 2.06. The maximum atomic E-state index is 11.4. The fraction of sp³-hybridized carbons (Fsp3) is 0.133. The van der Waals surface area contributed by atoms with Crippen LogP contribution in [0.5, 0.6) is 11.6 Å². The number of aryl methyl sites for hydroxylation is 2. The Morgan fingerprint density at radius 1 is 1.21 bits per heavy atom. The molecule has 1 aromatic heterocycles. The number of Topliss-reactive ketones (excluding diaryl/α,β-unsaturated/α-hetero) is 1. The lowest BCUT2D eigenvalue weighted by Gasteiger charge is -2.07. The number of ether oxygens (including phenoxy) is 1. The monoisotopic (exact) mass is 254 g/mol. The predicted molar refractivity (Wildman–Crippen MR) is 73.3 cm³/mol. The van der Waals surface area contributed by atoms with Crippen molar-refractivity contribution in [1.29, 1.82) is 5.41 Å². The molecular formula is C15H14N2O2. The van der Waals surface area contributed by atoms with Crippen LogP contribution in [0.25, 0.3) is 0 Å². The summed E-state index contributed by atoms with van der Waals surface area (Å²) in [7, 11) is 0.